The Morgan fingerprint density at radius 3 is 2.71 bits per heavy atom. The van der Waals surface area contributed by atoms with Crippen molar-refractivity contribution < 1.29 is 4.79 Å². The Labute approximate surface area is 83.3 Å². The minimum atomic E-state index is -0.223. The van der Waals surface area contributed by atoms with Crippen LogP contribution in [-0.4, -0.2) is 16.3 Å². The number of aromatic nitrogens is 2. The highest BCUT2D eigenvalue weighted by Gasteiger charge is 2.08. The highest BCUT2D eigenvalue weighted by atomic mass is 32.1. The molecule has 70 valence electrons. The van der Waals surface area contributed by atoms with Crippen LogP contribution in [0.3, 0.4) is 0 Å². The molecule has 2 rings (SSSR count). The number of H-pyrrole nitrogens is 1. The first-order chi connectivity index (χ1) is 6.81. The third-order valence-electron chi connectivity index (χ3n) is 1.74. The zero-order chi connectivity index (χ0) is 9.97. The van der Waals surface area contributed by atoms with Crippen LogP contribution in [0.2, 0.25) is 0 Å². The normalized spacial score (nSPS) is 10.0. The Bertz CT molecular complexity index is 501. The number of hydrogen-bond acceptors (Lipinski definition) is 4. The molecule has 14 heavy (non-hydrogen) atoms. The summed E-state index contributed by atoms with van der Waals surface area (Å²) in [6, 6.07) is 3.51. The number of nitrogens with zero attached hydrogens (tertiary/aromatic N) is 1. The summed E-state index contributed by atoms with van der Waals surface area (Å²) in [7, 11) is 0. The third kappa shape index (κ3) is 1.49. The second kappa shape index (κ2) is 3.55. The van der Waals surface area contributed by atoms with Crippen molar-refractivity contribution in [1.82, 2.24) is 9.97 Å². The predicted molar refractivity (Wildman–Crippen MR) is 53.6 cm³/mol. The van der Waals surface area contributed by atoms with Gasteiger partial charge in [0.05, 0.1) is 4.88 Å². The average molecular weight is 206 g/mol. The zero-order valence-corrected chi connectivity index (χ0v) is 7.88. The molecule has 0 aliphatic carbocycles. The second-order valence-corrected chi connectivity index (χ2v) is 3.59. The van der Waals surface area contributed by atoms with Gasteiger partial charge in [-0.2, -0.15) is 0 Å². The summed E-state index contributed by atoms with van der Waals surface area (Å²) < 4.78 is 0. The van der Waals surface area contributed by atoms with Crippen LogP contribution in [0, 0.1) is 0 Å². The first kappa shape index (κ1) is 8.83. The van der Waals surface area contributed by atoms with E-state index in [1.54, 1.807) is 24.5 Å². The number of pyridine rings is 1. The molecule has 2 heterocycles. The van der Waals surface area contributed by atoms with Crippen molar-refractivity contribution in [3.8, 4) is 10.4 Å². The predicted octanol–water partition coefficient (Wildman–Crippen LogP) is 1.31. The first-order valence-corrected chi connectivity index (χ1v) is 4.71. The molecule has 0 aromatic carbocycles. The molecule has 0 fully saturated rings. The lowest BCUT2D eigenvalue weighted by atomic mass is 10.2. The van der Waals surface area contributed by atoms with Crippen LogP contribution in [0.4, 0.5) is 0 Å². The maximum Gasteiger partial charge on any atom is 0.305 e. The number of aromatic amines is 1. The molecular weight excluding hydrogens is 200 g/mol. The SMILES string of the molecule is O=Cc1[nH]c(=O)sc1-c1ccncc1. The van der Waals surface area contributed by atoms with Gasteiger partial charge >= 0.3 is 4.87 Å². The Balaban J connectivity index is 2.62. The van der Waals surface area contributed by atoms with Crippen molar-refractivity contribution in [3.63, 3.8) is 0 Å². The maximum atomic E-state index is 11.0. The van der Waals surface area contributed by atoms with Crippen LogP contribution < -0.4 is 4.87 Å². The molecule has 1 N–H and O–H groups in total. The summed E-state index contributed by atoms with van der Waals surface area (Å²) in [5.41, 5.74) is 1.15. The molecule has 0 amide bonds. The van der Waals surface area contributed by atoms with Crippen molar-refractivity contribution >= 4 is 17.6 Å². The monoisotopic (exact) mass is 206 g/mol. The topological polar surface area (TPSA) is 62.8 Å². The van der Waals surface area contributed by atoms with Gasteiger partial charge in [0.1, 0.15) is 5.69 Å². The van der Waals surface area contributed by atoms with E-state index in [2.05, 4.69) is 9.97 Å². The largest absolute Gasteiger partial charge is 0.310 e. The minimum Gasteiger partial charge on any atom is -0.310 e. The van der Waals surface area contributed by atoms with E-state index >= 15 is 0 Å². The van der Waals surface area contributed by atoms with Crippen molar-refractivity contribution in [2.75, 3.05) is 0 Å². The lowest BCUT2D eigenvalue weighted by Gasteiger charge is -1.95. The molecule has 0 aliphatic rings. The van der Waals surface area contributed by atoms with Gasteiger partial charge in [0.2, 0.25) is 0 Å². The number of nitrogens with one attached hydrogen (secondary N) is 1. The van der Waals surface area contributed by atoms with Crippen LogP contribution in [0.1, 0.15) is 10.5 Å². The lowest BCUT2D eigenvalue weighted by molar-refractivity contribution is 0.112. The van der Waals surface area contributed by atoms with E-state index < -0.39 is 0 Å². The van der Waals surface area contributed by atoms with E-state index in [1.807, 2.05) is 0 Å². The van der Waals surface area contributed by atoms with Crippen molar-refractivity contribution in [2.24, 2.45) is 0 Å². The summed E-state index contributed by atoms with van der Waals surface area (Å²) in [6.07, 6.45) is 3.88. The quantitative estimate of drug-likeness (QED) is 0.753. The van der Waals surface area contributed by atoms with Gasteiger partial charge in [-0.05, 0) is 17.7 Å². The van der Waals surface area contributed by atoms with E-state index in [0.717, 1.165) is 16.9 Å². The first-order valence-electron chi connectivity index (χ1n) is 3.90. The van der Waals surface area contributed by atoms with Gasteiger partial charge in [-0.3, -0.25) is 14.6 Å². The van der Waals surface area contributed by atoms with E-state index in [9.17, 15) is 9.59 Å². The number of thiazole rings is 1. The highest BCUT2D eigenvalue weighted by Crippen LogP contribution is 2.23. The van der Waals surface area contributed by atoms with E-state index in [0.29, 0.717) is 16.9 Å². The van der Waals surface area contributed by atoms with Gasteiger partial charge in [0.15, 0.2) is 6.29 Å². The Morgan fingerprint density at radius 1 is 1.36 bits per heavy atom. The molecule has 0 bridgehead atoms. The van der Waals surface area contributed by atoms with E-state index in [4.69, 9.17) is 0 Å². The van der Waals surface area contributed by atoms with E-state index in [-0.39, 0.29) is 4.87 Å². The molecule has 0 radical (unpaired) electrons. The van der Waals surface area contributed by atoms with Gasteiger partial charge in [0, 0.05) is 12.4 Å². The molecule has 0 atom stereocenters. The van der Waals surface area contributed by atoms with E-state index in [1.165, 1.54) is 0 Å². The molecule has 5 heteroatoms. The van der Waals surface area contributed by atoms with Gasteiger partial charge in [-0.15, -0.1) is 0 Å². The molecule has 0 spiro atoms. The molecule has 0 saturated carbocycles. The molecule has 0 unspecified atom stereocenters. The number of rotatable bonds is 2. The fourth-order valence-electron chi connectivity index (χ4n) is 1.14. The smallest absolute Gasteiger partial charge is 0.305 e. The van der Waals surface area contributed by atoms with Crippen molar-refractivity contribution in [3.05, 3.63) is 39.9 Å². The number of hydrogen-bond donors (Lipinski definition) is 1. The summed E-state index contributed by atoms with van der Waals surface area (Å²) in [5.74, 6) is 0. The summed E-state index contributed by atoms with van der Waals surface area (Å²) in [6.45, 7) is 0. The van der Waals surface area contributed by atoms with Gasteiger partial charge in [0.25, 0.3) is 0 Å². The molecular formula is C9H6N2O2S. The molecule has 0 saturated heterocycles. The van der Waals surface area contributed by atoms with Gasteiger partial charge in [-0.1, -0.05) is 11.3 Å². The Kier molecular flexibility index (Phi) is 2.24. The molecule has 4 nitrogen and oxygen atoms in total. The summed E-state index contributed by atoms with van der Waals surface area (Å²) >= 11 is 1.02. The van der Waals surface area contributed by atoms with Gasteiger partial charge in [-0.25, -0.2) is 0 Å². The van der Waals surface area contributed by atoms with Crippen LogP contribution in [0.5, 0.6) is 0 Å². The van der Waals surface area contributed by atoms with Crippen LogP contribution >= 0.6 is 11.3 Å². The standard InChI is InChI=1S/C9H6N2O2S/c12-5-7-8(14-9(13)11-7)6-1-3-10-4-2-6/h1-5H,(H,11,13). The Morgan fingerprint density at radius 2 is 2.07 bits per heavy atom. The third-order valence-corrected chi connectivity index (χ3v) is 2.68. The van der Waals surface area contributed by atoms with Crippen LogP contribution in [0.15, 0.2) is 29.3 Å². The van der Waals surface area contributed by atoms with Crippen LogP contribution in [0.25, 0.3) is 10.4 Å². The van der Waals surface area contributed by atoms with Crippen molar-refractivity contribution in [2.45, 2.75) is 0 Å². The highest BCUT2D eigenvalue weighted by molar-refractivity contribution is 7.13. The second-order valence-electron chi connectivity index (χ2n) is 2.61. The lowest BCUT2D eigenvalue weighted by Crippen LogP contribution is -1.93. The van der Waals surface area contributed by atoms with Gasteiger partial charge < -0.3 is 4.98 Å². The Hall–Kier alpha value is -1.75. The van der Waals surface area contributed by atoms with Crippen LogP contribution in [-0.2, 0) is 0 Å². The summed E-state index contributed by atoms with van der Waals surface area (Å²) in [5, 5.41) is 0. The summed E-state index contributed by atoms with van der Waals surface area (Å²) in [4.78, 5) is 28.4. The fourth-order valence-corrected chi connectivity index (χ4v) is 1.95. The zero-order valence-electron chi connectivity index (χ0n) is 7.06. The number of aldehydes is 1. The molecule has 0 aliphatic heterocycles. The molecule has 2 aromatic heterocycles. The number of carbonyl (C=O) groups excluding carboxylic acids is 1. The minimum absolute atomic E-state index is 0.223. The average Bonchev–Trinajstić information content (AvgIpc) is 2.61. The maximum absolute atomic E-state index is 11.0. The fraction of sp³-hybridized carbons (Fsp3) is 0. The van der Waals surface area contributed by atoms with Crippen molar-refractivity contribution in [1.29, 1.82) is 0 Å². The number of carbonyl (C=O) groups is 1. The molecule has 2 aromatic rings.